The molecule has 1 aliphatic heterocycles. The number of ketones is 1. The number of nitrogens with one attached hydrogen (secondary N) is 1. The zero-order valence-electron chi connectivity index (χ0n) is 24.5. The molecule has 2 aliphatic rings. The van der Waals surface area contributed by atoms with Crippen LogP contribution in [-0.4, -0.2) is 47.8 Å². The third-order valence-electron chi connectivity index (χ3n) is 7.31. The Morgan fingerprint density at radius 3 is 2.61 bits per heavy atom. The van der Waals surface area contributed by atoms with E-state index in [1.54, 1.807) is 42.3 Å². The molecule has 1 aliphatic carbocycles. The van der Waals surface area contributed by atoms with Gasteiger partial charge in [-0.2, -0.15) is 5.26 Å². The molecule has 0 radical (unpaired) electrons. The molecule has 13 heteroatoms. The van der Waals surface area contributed by atoms with Crippen molar-refractivity contribution in [2.24, 2.45) is 11.1 Å². The van der Waals surface area contributed by atoms with Crippen molar-refractivity contribution in [1.82, 2.24) is 10.2 Å². The zero-order chi connectivity index (χ0) is 31.6. The quantitative estimate of drug-likeness (QED) is 0.254. The van der Waals surface area contributed by atoms with Gasteiger partial charge in [-0.25, -0.2) is 4.79 Å². The summed E-state index contributed by atoms with van der Waals surface area (Å²) in [7, 11) is 2.87. The SMILES string of the molecule is COC(=O)c1ccc(NC(=O)CSc2nnc(N3C(N)=C(C#N)C(c4cccc(OC)c4)C4=C3CC(C)(C)CC4=O)s2)cc1. The molecule has 44 heavy (non-hydrogen) atoms. The number of carbonyl (C=O) groups excluding carboxylic acids is 3. The van der Waals surface area contributed by atoms with E-state index in [0.717, 1.165) is 5.56 Å². The second-order valence-corrected chi connectivity index (χ2v) is 13.2. The van der Waals surface area contributed by atoms with E-state index in [2.05, 4.69) is 21.6 Å². The summed E-state index contributed by atoms with van der Waals surface area (Å²) in [5.41, 5.74) is 9.47. The van der Waals surface area contributed by atoms with Crippen LogP contribution < -0.4 is 20.7 Å². The van der Waals surface area contributed by atoms with E-state index < -0.39 is 11.9 Å². The summed E-state index contributed by atoms with van der Waals surface area (Å²) in [6, 6.07) is 15.9. The molecule has 5 rings (SSSR count). The number of carbonyl (C=O) groups is 3. The van der Waals surface area contributed by atoms with Crippen LogP contribution in [0.25, 0.3) is 0 Å². The van der Waals surface area contributed by atoms with Crippen molar-refractivity contribution in [3.05, 3.63) is 82.3 Å². The number of amides is 1. The van der Waals surface area contributed by atoms with Crippen LogP contribution in [0.4, 0.5) is 10.8 Å². The molecule has 2 aromatic carbocycles. The molecule has 0 saturated carbocycles. The van der Waals surface area contributed by atoms with E-state index in [1.165, 1.54) is 30.2 Å². The maximum absolute atomic E-state index is 13.7. The number of nitrogens with two attached hydrogens (primary N) is 1. The number of allylic oxidation sites excluding steroid dienone is 3. The second kappa shape index (κ2) is 12.5. The fourth-order valence-electron chi connectivity index (χ4n) is 5.36. The highest BCUT2D eigenvalue weighted by atomic mass is 32.2. The number of nitrogens with zero attached hydrogens (tertiary/aromatic N) is 4. The molecule has 1 atom stereocenters. The molecular weight excluding hydrogens is 601 g/mol. The summed E-state index contributed by atoms with van der Waals surface area (Å²) >= 11 is 2.41. The Balaban J connectivity index is 1.41. The molecule has 0 fully saturated rings. The predicted octanol–water partition coefficient (Wildman–Crippen LogP) is 5.00. The number of anilines is 2. The molecule has 0 saturated heterocycles. The van der Waals surface area contributed by atoms with Crippen LogP contribution in [-0.2, 0) is 14.3 Å². The van der Waals surface area contributed by atoms with Gasteiger partial charge in [-0.05, 0) is 53.8 Å². The number of rotatable bonds is 8. The predicted molar refractivity (Wildman–Crippen MR) is 167 cm³/mol. The first-order valence-electron chi connectivity index (χ1n) is 13.6. The summed E-state index contributed by atoms with van der Waals surface area (Å²) < 4.78 is 10.6. The third-order valence-corrected chi connectivity index (χ3v) is 9.35. The molecule has 0 bridgehead atoms. The molecule has 0 spiro atoms. The zero-order valence-corrected chi connectivity index (χ0v) is 26.2. The summed E-state index contributed by atoms with van der Waals surface area (Å²) in [4.78, 5) is 39.7. The van der Waals surface area contributed by atoms with E-state index in [9.17, 15) is 19.6 Å². The Bertz CT molecular complexity index is 1740. The minimum Gasteiger partial charge on any atom is -0.497 e. The van der Waals surface area contributed by atoms with E-state index in [4.69, 9.17) is 15.2 Å². The molecule has 1 aromatic heterocycles. The van der Waals surface area contributed by atoms with Crippen LogP contribution >= 0.6 is 23.1 Å². The van der Waals surface area contributed by atoms with Crippen molar-refractivity contribution in [3.8, 4) is 11.8 Å². The topological polar surface area (TPSA) is 161 Å². The largest absolute Gasteiger partial charge is 0.497 e. The maximum atomic E-state index is 13.7. The third kappa shape index (κ3) is 6.17. The van der Waals surface area contributed by atoms with Crippen molar-refractivity contribution in [2.45, 2.75) is 36.9 Å². The van der Waals surface area contributed by atoms with Crippen molar-refractivity contribution in [3.63, 3.8) is 0 Å². The Kier molecular flexibility index (Phi) is 8.75. The average Bonchev–Trinajstić information content (AvgIpc) is 3.47. The number of methoxy groups -OCH3 is 2. The highest BCUT2D eigenvalue weighted by molar-refractivity contribution is 8.01. The monoisotopic (exact) mass is 630 g/mol. The van der Waals surface area contributed by atoms with Crippen LogP contribution in [0.5, 0.6) is 5.75 Å². The lowest BCUT2D eigenvalue weighted by Gasteiger charge is -2.42. The summed E-state index contributed by atoms with van der Waals surface area (Å²) in [6.45, 7) is 4.05. The van der Waals surface area contributed by atoms with Crippen LogP contribution in [0, 0.1) is 16.7 Å². The van der Waals surface area contributed by atoms with Crippen molar-refractivity contribution >= 4 is 51.6 Å². The van der Waals surface area contributed by atoms with E-state index in [1.807, 2.05) is 32.0 Å². The number of hydrogen-bond acceptors (Lipinski definition) is 12. The molecular formula is C31H30N6O5S2. The Morgan fingerprint density at radius 2 is 1.93 bits per heavy atom. The van der Waals surface area contributed by atoms with Gasteiger partial charge in [0.15, 0.2) is 10.1 Å². The Morgan fingerprint density at radius 1 is 1.18 bits per heavy atom. The van der Waals surface area contributed by atoms with Crippen molar-refractivity contribution in [2.75, 3.05) is 30.2 Å². The fourth-order valence-corrected chi connectivity index (χ4v) is 7.05. The molecule has 11 nitrogen and oxygen atoms in total. The van der Waals surface area contributed by atoms with Crippen LogP contribution in [0.2, 0.25) is 0 Å². The molecule has 226 valence electrons. The van der Waals surface area contributed by atoms with Gasteiger partial charge in [-0.15, -0.1) is 10.2 Å². The number of aromatic nitrogens is 2. The lowest BCUT2D eigenvalue weighted by Crippen LogP contribution is -2.42. The van der Waals surface area contributed by atoms with Gasteiger partial charge in [0.2, 0.25) is 11.0 Å². The van der Waals surface area contributed by atoms with E-state index in [0.29, 0.717) is 50.6 Å². The minimum atomic E-state index is -0.642. The smallest absolute Gasteiger partial charge is 0.337 e. The second-order valence-electron chi connectivity index (χ2n) is 11.0. The number of esters is 1. The van der Waals surface area contributed by atoms with Gasteiger partial charge < -0.3 is 20.5 Å². The number of thioether (sulfide) groups is 1. The lowest BCUT2D eigenvalue weighted by molar-refractivity contribution is -0.118. The highest BCUT2D eigenvalue weighted by Gasteiger charge is 2.45. The van der Waals surface area contributed by atoms with Gasteiger partial charge in [0.1, 0.15) is 11.6 Å². The number of nitriles is 1. The molecule has 3 N–H and O–H groups in total. The van der Waals surface area contributed by atoms with Gasteiger partial charge >= 0.3 is 5.97 Å². The Hall–Kier alpha value is -4.67. The van der Waals surface area contributed by atoms with Gasteiger partial charge in [-0.1, -0.05) is 49.1 Å². The van der Waals surface area contributed by atoms with Gasteiger partial charge in [0.25, 0.3) is 0 Å². The van der Waals surface area contributed by atoms with Crippen LogP contribution in [0.15, 0.2) is 75.5 Å². The summed E-state index contributed by atoms with van der Waals surface area (Å²) in [6.07, 6.45) is 0.865. The van der Waals surface area contributed by atoms with Gasteiger partial charge in [0.05, 0.1) is 43.1 Å². The number of benzene rings is 2. The fraction of sp³-hybridized carbons (Fsp3) is 0.290. The lowest BCUT2D eigenvalue weighted by atomic mass is 9.68. The molecule has 3 aromatic rings. The Labute approximate surface area is 262 Å². The first-order chi connectivity index (χ1) is 21.0. The van der Waals surface area contributed by atoms with E-state index >= 15 is 0 Å². The first-order valence-corrected chi connectivity index (χ1v) is 15.4. The van der Waals surface area contributed by atoms with E-state index in [-0.39, 0.29) is 34.3 Å². The minimum absolute atomic E-state index is 0.0512. The molecule has 1 amide bonds. The van der Waals surface area contributed by atoms with Crippen LogP contribution in [0.1, 0.15) is 48.5 Å². The molecule has 2 heterocycles. The highest BCUT2D eigenvalue weighted by Crippen LogP contribution is 2.51. The van der Waals surface area contributed by atoms with Gasteiger partial charge in [0, 0.05) is 23.4 Å². The first kappa shape index (κ1) is 30.8. The van der Waals surface area contributed by atoms with Crippen molar-refractivity contribution in [1.29, 1.82) is 5.26 Å². The molecule has 1 unspecified atom stereocenters. The van der Waals surface area contributed by atoms with Gasteiger partial charge in [-0.3, -0.25) is 14.5 Å². The van der Waals surface area contributed by atoms with Crippen molar-refractivity contribution < 1.29 is 23.9 Å². The average molecular weight is 631 g/mol. The number of hydrogen-bond donors (Lipinski definition) is 2. The summed E-state index contributed by atoms with van der Waals surface area (Å²) in [5, 5.41) is 22.1. The maximum Gasteiger partial charge on any atom is 0.337 e. The standard InChI is InChI=1S/C31H30N6O5S2/c1-31(2)13-22-26(23(38)14-31)25(18-6-5-7-20(12-18)41-3)21(15-32)27(33)37(22)29-35-36-30(44-29)43-16-24(39)34-19-10-8-17(9-11-19)28(40)42-4/h5-12,25H,13-14,16,33H2,1-4H3,(H,34,39). The number of Topliss-reactive ketones (excluding diaryl/α,β-unsaturated/α-hetero) is 1. The summed E-state index contributed by atoms with van der Waals surface area (Å²) in [5.74, 6) is -0.574. The van der Waals surface area contributed by atoms with Crippen LogP contribution in [0.3, 0.4) is 0 Å². The normalized spacial score (nSPS) is 17.6. The number of ether oxygens (including phenoxy) is 2.